The molecule has 1 aromatic carbocycles. The van der Waals surface area contributed by atoms with Crippen LogP contribution in [-0.4, -0.2) is 25.8 Å². The summed E-state index contributed by atoms with van der Waals surface area (Å²) in [7, 11) is -2.17. The summed E-state index contributed by atoms with van der Waals surface area (Å²) < 4.78 is 32.5. The lowest BCUT2D eigenvalue weighted by Crippen LogP contribution is -2.01. The molecule has 3 N–H and O–H groups in total. The fourth-order valence-electron chi connectivity index (χ4n) is 1.27. The first-order chi connectivity index (χ1) is 9.42. The second kappa shape index (κ2) is 9.24. The van der Waals surface area contributed by atoms with Crippen molar-refractivity contribution >= 4 is 21.1 Å². The first kappa shape index (κ1) is 18.3. The molecule has 1 heterocycles. The molecule has 0 aliphatic carbocycles. The first-order valence-corrected chi connectivity index (χ1v) is 7.55. The van der Waals surface area contributed by atoms with Crippen LogP contribution in [0.2, 0.25) is 0 Å². The van der Waals surface area contributed by atoms with Gasteiger partial charge < -0.3 is 10.2 Å². The minimum atomic E-state index is -3.67. The van der Waals surface area contributed by atoms with Gasteiger partial charge in [0.2, 0.25) is 0 Å². The maximum Gasteiger partial charge on any atom is 0.336 e. The van der Waals surface area contributed by atoms with Crippen molar-refractivity contribution < 1.29 is 17.4 Å². The number of fused-ring (bicyclic) bond motifs is 1. The second-order valence-electron chi connectivity index (χ2n) is 3.58. The highest BCUT2D eigenvalue weighted by Gasteiger charge is 1.98. The molecule has 20 heavy (non-hydrogen) atoms. The average molecular weight is 301 g/mol. The van der Waals surface area contributed by atoms with Crippen LogP contribution in [0.4, 0.5) is 0 Å². The summed E-state index contributed by atoms with van der Waals surface area (Å²) in [6.45, 7) is 1.69. The van der Waals surface area contributed by atoms with Crippen molar-refractivity contribution in [2.24, 2.45) is 5.73 Å². The Balaban J connectivity index is 0.000000352. The predicted molar refractivity (Wildman–Crippen MR) is 79.3 cm³/mol. The fourth-order valence-corrected chi connectivity index (χ4v) is 1.79. The third-order valence-corrected chi connectivity index (χ3v) is 2.91. The van der Waals surface area contributed by atoms with Gasteiger partial charge in [-0.1, -0.05) is 25.1 Å². The molecule has 0 aliphatic heterocycles. The van der Waals surface area contributed by atoms with Crippen LogP contribution in [0.3, 0.4) is 0 Å². The molecule has 0 atom stereocenters. The van der Waals surface area contributed by atoms with Crippen molar-refractivity contribution in [2.75, 3.05) is 12.8 Å². The minimum absolute atomic E-state index is 0.132. The molecule has 0 unspecified atom stereocenters. The van der Waals surface area contributed by atoms with Gasteiger partial charge in [-0.05, 0) is 25.6 Å². The summed E-state index contributed by atoms with van der Waals surface area (Å²) in [5.41, 5.74) is 4.84. The van der Waals surface area contributed by atoms with Gasteiger partial charge in [0.15, 0.2) is 0 Å². The van der Waals surface area contributed by atoms with E-state index < -0.39 is 10.1 Å². The van der Waals surface area contributed by atoms with Gasteiger partial charge >= 0.3 is 5.63 Å². The third kappa shape index (κ3) is 7.67. The Labute approximate surface area is 118 Å². The van der Waals surface area contributed by atoms with Crippen molar-refractivity contribution in [1.82, 2.24) is 0 Å². The lowest BCUT2D eigenvalue weighted by Gasteiger charge is -1.91. The van der Waals surface area contributed by atoms with Gasteiger partial charge in [-0.25, -0.2) is 4.79 Å². The zero-order valence-corrected chi connectivity index (χ0v) is 12.3. The molecule has 0 bridgehead atoms. The van der Waals surface area contributed by atoms with E-state index in [9.17, 15) is 13.2 Å². The highest BCUT2D eigenvalue weighted by molar-refractivity contribution is 7.85. The quantitative estimate of drug-likeness (QED) is 0.644. The van der Waals surface area contributed by atoms with Crippen molar-refractivity contribution in [3.63, 3.8) is 0 Å². The lowest BCUT2D eigenvalue weighted by atomic mass is 10.2. The Bertz CT molecular complexity index is 664. The molecule has 0 saturated heterocycles. The molecule has 7 heteroatoms. The normalized spacial score (nSPS) is 10.0. The standard InChI is InChI=1S/C9H6O2.C3H8O3S.CH5N/c10-9-6-5-7-3-1-2-4-8(7)11-9;1-2-3-7(4,5)6;1-2/h1-6H;2-3H2,1H3,(H,4,5,6);2H2,1H3. The molecule has 0 amide bonds. The highest BCUT2D eigenvalue weighted by Crippen LogP contribution is 2.08. The van der Waals surface area contributed by atoms with Gasteiger partial charge in [0.25, 0.3) is 10.1 Å². The van der Waals surface area contributed by atoms with E-state index in [1.807, 2.05) is 18.2 Å². The van der Waals surface area contributed by atoms with Crippen LogP contribution in [0, 0.1) is 0 Å². The van der Waals surface area contributed by atoms with E-state index in [1.165, 1.54) is 13.1 Å². The van der Waals surface area contributed by atoms with Gasteiger partial charge in [0.05, 0.1) is 5.75 Å². The van der Waals surface area contributed by atoms with Gasteiger partial charge in [0.1, 0.15) is 5.58 Å². The molecule has 0 spiro atoms. The fraction of sp³-hybridized carbons (Fsp3) is 0.308. The Kier molecular flexibility index (Phi) is 8.46. The molecule has 112 valence electrons. The van der Waals surface area contributed by atoms with Crippen LogP contribution >= 0.6 is 0 Å². The van der Waals surface area contributed by atoms with E-state index in [-0.39, 0.29) is 11.4 Å². The molecule has 6 nitrogen and oxygen atoms in total. The molecular weight excluding hydrogens is 282 g/mol. The number of nitrogens with two attached hydrogens (primary N) is 1. The topological polar surface area (TPSA) is 111 Å². The summed E-state index contributed by atoms with van der Waals surface area (Å²) in [5.74, 6) is -0.132. The van der Waals surface area contributed by atoms with Crippen molar-refractivity contribution in [3.05, 3.63) is 46.8 Å². The van der Waals surface area contributed by atoms with Crippen LogP contribution in [-0.2, 0) is 10.1 Å². The van der Waals surface area contributed by atoms with Crippen molar-refractivity contribution in [1.29, 1.82) is 0 Å². The summed E-state index contributed by atoms with van der Waals surface area (Å²) in [6.07, 6.45) is 0.471. The molecular formula is C13H19NO5S. The van der Waals surface area contributed by atoms with Gasteiger partial charge in [-0.15, -0.1) is 0 Å². The van der Waals surface area contributed by atoms with E-state index in [0.717, 1.165) is 5.39 Å². The zero-order chi connectivity index (χ0) is 15.6. The van der Waals surface area contributed by atoms with E-state index in [0.29, 0.717) is 12.0 Å². The Morgan fingerprint density at radius 3 is 2.25 bits per heavy atom. The molecule has 0 fully saturated rings. The van der Waals surface area contributed by atoms with Gasteiger partial charge in [-0.2, -0.15) is 8.42 Å². The number of rotatable bonds is 2. The summed E-state index contributed by atoms with van der Waals surface area (Å²) in [4.78, 5) is 10.7. The predicted octanol–water partition coefficient (Wildman–Crippen LogP) is 1.65. The van der Waals surface area contributed by atoms with Crippen LogP contribution < -0.4 is 11.4 Å². The maximum absolute atomic E-state index is 10.7. The van der Waals surface area contributed by atoms with Crippen molar-refractivity contribution in [3.8, 4) is 0 Å². The lowest BCUT2D eigenvalue weighted by molar-refractivity contribution is 0.482. The zero-order valence-electron chi connectivity index (χ0n) is 11.4. The number of para-hydroxylation sites is 1. The Hall–Kier alpha value is -1.70. The van der Waals surface area contributed by atoms with Crippen LogP contribution in [0.25, 0.3) is 11.0 Å². The molecule has 1 aromatic heterocycles. The molecule has 0 radical (unpaired) electrons. The third-order valence-electron chi connectivity index (χ3n) is 1.99. The summed E-state index contributed by atoms with van der Waals surface area (Å²) in [6, 6.07) is 10.6. The molecule has 2 rings (SSSR count). The van der Waals surface area contributed by atoms with Crippen molar-refractivity contribution in [2.45, 2.75) is 13.3 Å². The SMILES string of the molecule is CCCS(=O)(=O)O.CN.O=c1ccc2ccccc2o1. The van der Waals surface area contributed by atoms with Crippen LogP contribution in [0.5, 0.6) is 0 Å². The molecule has 2 aromatic rings. The molecule has 0 saturated carbocycles. The van der Waals surface area contributed by atoms with E-state index in [1.54, 1.807) is 19.1 Å². The van der Waals surface area contributed by atoms with E-state index in [4.69, 9.17) is 8.97 Å². The van der Waals surface area contributed by atoms with Gasteiger partial charge in [0, 0.05) is 11.5 Å². The number of hydrogen-bond acceptors (Lipinski definition) is 5. The van der Waals surface area contributed by atoms with E-state index >= 15 is 0 Å². The van der Waals surface area contributed by atoms with Crippen LogP contribution in [0.1, 0.15) is 13.3 Å². The maximum atomic E-state index is 10.7. The number of hydrogen-bond donors (Lipinski definition) is 2. The van der Waals surface area contributed by atoms with Crippen LogP contribution in [0.15, 0.2) is 45.6 Å². The second-order valence-corrected chi connectivity index (χ2v) is 5.15. The highest BCUT2D eigenvalue weighted by atomic mass is 32.2. The largest absolute Gasteiger partial charge is 0.423 e. The monoisotopic (exact) mass is 301 g/mol. The Morgan fingerprint density at radius 1 is 1.15 bits per heavy atom. The number of benzene rings is 1. The average Bonchev–Trinajstić information content (AvgIpc) is 2.40. The molecule has 0 aliphatic rings. The summed E-state index contributed by atoms with van der Waals surface area (Å²) >= 11 is 0. The minimum Gasteiger partial charge on any atom is -0.423 e. The van der Waals surface area contributed by atoms with Gasteiger partial charge in [-0.3, -0.25) is 4.55 Å². The summed E-state index contributed by atoms with van der Waals surface area (Å²) in [5, 5.41) is 0.951. The smallest absolute Gasteiger partial charge is 0.336 e. The first-order valence-electron chi connectivity index (χ1n) is 5.94. The Morgan fingerprint density at radius 2 is 1.75 bits per heavy atom. The van der Waals surface area contributed by atoms with E-state index in [2.05, 4.69) is 5.73 Å².